The predicted octanol–water partition coefficient (Wildman–Crippen LogP) is 5.85. The van der Waals surface area contributed by atoms with Crippen LogP contribution in [-0.2, 0) is 27.4 Å². The van der Waals surface area contributed by atoms with Crippen LogP contribution in [-0.4, -0.2) is 73.5 Å². The first kappa shape index (κ1) is 35.1. The summed E-state index contributed by atoms with van der Waals surface area (Å²) in [4.78, 5) is 61.3. The highest BCUT2D eigenvalue weighted by atomic mass is 16.6. The smallest absolute Gasteiger partial charge is 0.408 e. The number of rotatable bonds is 5. The summed E-state index contributed by atoms with van der Waals surface area (Å²) >= 11 is 0. The molecule has 0 spiro atoms. The Morgan fingerprint density at radius 3 is 2.61 bits per heavy atom. The predicted molar refractivity (Wildman–Crippen MR) is 189 cm³/mol. The molecule has 1 unspecified atom stereocenters. The van der Waals surface area contributed by atoms with E-state index in [1.165, 1.54) is 13.3 Å². The lowest BCUT2D eigenvalue weighted by atomic mass is 9.85. The molecule has 8 atom stereocenters. The third-order valence-electron chi connectivity index (χ3n) is 11.3. The molecule has 12 heteroatoms. The first-order chi connectivity index (χ1) is 24.5. The molecule has 2 aliphatic heterocycles. The highest BCUT2D eigenvalue weighted by Crippen LogP contribution is 2.57. The molecule has 4 aliphatic rings. The van der Waals surface area contributed by atoms with Crippen molar-refractivity contribution in [2.75, 3.05) is 6.54 Å². The number of aromatic nitrogens is 4. The van der Waals surface area contributed by atoms with Crippen molar-refractivity contribution in [2.24, 2.45) is 29.1 Å². The average molecular weight is 699 g/mol. The van der Waals surface area contributed by atoms with Gasteiger partial charge in [-0.05, 0) is 80.8 Å². The van der Waals surface area contributed by atoms with E-state index >= 15 is 0 Å². The molecule has 51 heavy (non-hydrogen) atoms. The maximum atomic E-state index is 14.5. The van der Waals surface area contributed by atoms with E-state index in [4.69, 9.17) is 24.2 Å². The molecule has 1 aromatic carbocycles. The number of ketones is 1. The summed E-state index contributed by atoms with van der Waals surface area (Å²) in [6, 6.07) is 4.02. The van der Waals surface area contributed by atoms with E-state index in [0.717, 1.165) is 43.3 Å². The third-order valence-corrected chi connectivity index (χ3v) is 11.3. The minimum Gasteiger partial charge on any atom is -0.487 e. The van der Waals surface area contributed by atoms with Crippen LogP contribution in [0.25, 0.3) is 11.0 Å². The molecule has 2 aliphatic carbocycles. The van der Waals surface area contributed by atoms with Gasteiger partial charge in [0.1, 0.15) is 36.3 Å². The normalized spacial score (nSPS) is 29.8. The van der Waals surface area contributed by atoms with Gasteiger partial charge >= 0.3 is 6.09 Å². The van der Waals surface area contributed by atoms with Crippen LogP contribution in [0.3, 0.4) is 0 Å². The number of hydrogen-bond acceptors (Lipinski definition) is 10. The van der Waals surface area contributed by atoms with Crippen LogP contribution in [0.2, 0.25) is 0 Å². The van der Waals surface area contributed by atoms with Gasteiger partial charge in [-0.3, -0.25) is 19.6 Å². The first-order valence-electron chi connectivity index (χ1n) is 18.6. The minimum atomic E-state index is -0.896. The lowest BCUT2D eigenvalue weighted by molar-refractivity contribution is -0.141. The molecule has 2 saturated carbocycles. The number of hydrogen-bond donors (Lipinski definition) is 1. The molecule has 272 valence electrons. The van der Waals surface area contributed by atoms with Crippen molar-refractivity contribution >= 4 is 28.8 Å². The SMILES string of the molecule is CC[C@@H]1[C@@H]2CN(C(=O)[C@H](C(C)(C)C)NC(=O)O[C@@H]3CC4C[C@@H]4[C@H]3CCCCCc3nc4ccc(OCc5cnccn5)cc4nc3O2)[C@@H]1C(C)=O. The minimum absolute atomic E-state index is 0.120. The Hall–Kier alpha value is -4.35. The number of alkyl carbamates (subject to hydrolysis) is 1. The van der Waals surface area contributed by atoms with Gasteiger partial charge in [-0.2, -0.15) is 0 Å². The Balaban J connectivity index is 1.22. The molecule has 0 radical (unpaired) electrons. The summed E-state index contributed by atoms with van der Waals surface area (Å²) < 4.78 is 18.9. The van der Waals surface area contributed by atoms with Crippen LogP contribution in [0.1, 0.15) is 91.0 Å². The number of fused-ring (bicyclic) bond motifs is 7. The highest BCUT2D eigenvalue weighted by Gasteiger charge is 2.55. The Bertz CT molecular complexity index is 1760. The summed E-state index contributed by atoms with van der Waals surface area (Å²) in [5.74, 6) is 1.88. The molecule has 1 N–H and O–H groups in total. The van der Waals surface area contributed by atoms with Crippen molar-refractivity contribution in [3.05, 3.63) is 48.2 Å². The van der Waals surface area contributed by atoms with Crippen molar-refractivity contribution in [3.63, 3.8) is 0 Å². The fourth-order valence-electron chi connectivity index (χ4n) is 8.65. The lowest BCUT2D eigenvalue weighted by Crippen LogP contribution is -2.57. The van der Waals surface area contributed by atoms with Crippen LogP contribution in [0.4, 0.5) is 4.79 Å². The van der Waals surface area contributed by atoms with Crippen molar-refractivity contribution in [2.45, 2.75) is 117 Å². The second-order valence-corrected chi connectivity index (χ2v) is 15.9. The fourth-order valence-corrected chi connectivity index (χ4v) is 8.65. The van der Waals surface area contributed by atoms with E-state index < -0.39 is 29.7 Å². The van der Waals surface area contributed by atoms with Gasteiger partial charge in [0.05, 0.1) is 35.5 Å². The van der Waals surface area contributed by atoms with Gasteiger partial charge in [-0.15, -0.1) is 0 Å². The summed E-state index contributed by atoms with van der Waals surface area (Å²) in [5, 5.41) is 2.94. The lowest BCUT2D eigenvalue weighted by Gasteiger charge is -2.36. The molecule has 3 aromatic rings. The average Bonchev–Trinajstić information content (AvgIpc) is 3.63. The number of Topliss-reactive ketones (excluding diaryl/α,β-unsaturated/α-hetero) is 1. The topological polar surface area (TPSA) is 146 Å². The monoisotopic (exact) mass is 698 g/mol. The zero-order chi connectivity index (χ0) is 35.9. The number of nitrogens with zero attached hydrogens (tertiary/aromatic N) is 5. The van der Waals surface area contributed by atoms with E-state index in [1.807, 2.05) is 45.9 Å². The van der Waals surface area contributed by atoms with Gasteiger partial charge in [0, 0.05) is 24.4 Å². The van der Waals surface area contributed by atoms with Crippen LogP contribution >= 0.6 is 0 Å². The van der Waals surface area contributed by atoms with Gasteiger partial charge in [-0.1, -0.05) is 40.5 Å². The van der Waals surface area contributed by atoms with Crippen LogP contribution < -0.4 is 14.8 Å². The largest absolute Gasteiger partial charge is 0.487 e. The summed E-state index contributed by atoms with van der Waals surface area (Å²) in [7, 11) is 0. The van der Waals surface area contributed by atoms with Crippen molar-refractivity contribution in [1.29, 1.82) is 0 Å². The molecule has 2 bridgehead atoms. The Morgan fingerprint density at radius 1 is 1.02 bits per heavy atom. The standard InChI is InChI=1S/C39H50N6O6/c1-6-26-33-20-45(34(26)22(2)46)37(47)35(39(3,4)5)44-38(48)51-32-17-23-16-28(23)27(32)10-8-7-9-11-30-36(50-33)43-31-18-25(12-13-29(31)42-30)49-21-24-19-40-14-15-41-24/h12-15,18-19,23,26-28,32-35H,6-11,16-17,20-21H2,1-5H3,(H,44,48)/t23?,26-,27-,28+,32-,33+,34-,35-/m1/s1. The van der Waals surface area contributed by atoms with Gasteiger partial charge in [0.25, 0.3) is 0 Å². The molecule has 2 amide bonds. The maximum Gasteiger partial charge on any atom is 0.408 e. The molecule has 3 fully saturated rings. The number of nitrogens with one attached hydrogen (secondary N) is 1. The zero-order valence-corrected chi connectivity index (χ0v) is 30.3. The number of carbonyl (C=O) groups excluding carboxylic acids is 3. The summed E-state index contributed by atoms with van der Waals surface area (Å²) in [6.07, 6.45) is 11.0. The molecule has 2 aromatic heterocycles. The molecule has 4 heterocycles. The van der Waals surface area contributed by atoms with Crippen LogP contribution in [0, 0.1) is 29.1 Å². The summed E-state index contributed by atoms with van der Waals surface area (Å²) in [6.45, 7) is 9.72. The molecule has 12 nitrogen and oxygen atoms in total. The van der Waals surface area contributed by atoms with Gasteiger partial charge in [0.2, 0.25) is 11.8 Å². The second-order valence-electron chi connectivity index (χ2n) is 15.9. The number of benzene rings is 1. The van der Waals surface area contributed by atoms with Gasteiger partial charge in [-0.25, -0.2) is 14.8 Å². The Morgan fingerprint density at radius 2 is 1.86 bits per heavy atom. The van der Waals surface area contributed by atoms with Gasteiger partial charge < -0.3 is 24.4 Å². The number of aryl methyl sites for hydroxylation is 1. The second kappa shape index (κ2) is 14.3. The number of carbonyl (C=O) groups is 3. The number of ether oxygens (including phenoxy) is 3. The van der Waals surface area contributed by atoms with E-state index in [2.05, 4.69) is 15.3 Å². The van der Waals surface area contributed by atoms with E-state index in [0.29, 0.717) is 53.4 Å². The zero-order valence-electron chi connectivity index (χ0n) is 30.3. The van der Waals surface area contributed by atoms with Crippen LogP contribution in [0.15, 0.2) is 36.8 Å². The highest BCUT2D eigenvalue weighted by molar-refractivity contribution is 5.92. The summed E-state index contributed by atoms with van der Waals surface area (Å²) in [5.41, 5.74) is 2.19. The van der Waals surface area contributed by atoms with Gasteiger partial charge in [0.15, 0.2) is 5.78 Å². The fraction of sp³-hybridized carbons (Fsp3) is 0.615. The van der Waals surface area contributed by atoms with E-state index in [9.17, 15) is 14.4 Å². The molecule has 1 saturated heterocycles. The van der Waals surface area contributed by atoms with E-state index in [-0.39, 0.29) is 36.9 Å². The Labute approximate surface area is 299 Å². The Kier molecular flexibility index (Phi) is 9.86. The molecular formula is C39H50N6O6. The third kappa shape index (κ3) is 7.51. The quantitative estimate of drug-likeness (QED) is 0.344. The number of amides is 2. The molecule has 7 rings (SSSR count). The van der Waals surface area contributed by atoms with Crippen molar-refractivity contribution < 1.29 is 28.6 Å². The maximum absolute atomic E-state index is 14.5. The molecular weight excluding hydrogens is 648 g/mol. The first-order valence-corrected chi connectivity index (χ1v) is 18.6. The van der Waals surface area contributed by atoms with Crippen molar-refractivity contribution in [1.82, 2.24) is 30.2 Å². The van der Waals surface area contributed by atoms with Crippen molar-refractivity contribution in [3.8, 4) is 11.6 Å². The van der Waals surface area contributed by atoms with Crippen LogP contribution in [0.5, 0.6) is 11.6 Å². The van der Waals surface area contributed by atoms with E-state index in [1.54, 1.807) is 23.5 Å².